The first kappa shape index (κ1) is 12.7. The first-order valence-electron chi connectivity index (χ1n) is 5.02. The molecule has 4 nitrogen and oxygen atoms in total. The van der Waals surface area contributed by atoms with E-state index in [9.17, 15) is 5.11 Å². The van der Waals surface area contributed by atoms with Crippen LogP contribution in [0.15, 0.2) is 21.2 Å². The lowest BCUT2D eigenvalue weighted by Gasteiger charge is -2.08. The quantitative estimate of drug-likeness (QED) is 0.895. The highest BCUT2D eigenvalue weighted by Gasteiger charge is 2.14. The largest absolute Gasteiger partial charge is 0.392 e. The van der Waals surface area contributed by atoms with Gasteiger partial charge in [0.05, 0.1) is 22.5 Å². The molecule has 0 spiro atoms. The smallest absolute Gasteiger partial charge is 0.159 e. The number of rotatable bonds is 2. The van der Waals surface area contributed by atoms with Crippen molar-refractivity contribution in [2.24, 2.45) is 0 Å². The van der Waals surface area contributed by atoms with Crippen LogP contribution in [0.3, 0.4) is 0 Å². The normalized spacial score (nSPS) is 10.9. The van der Waals surface area contributed by atoms with Gasteiger partial charge >= 0.3 is 0 Å². The van der Waals surface area contributed by atoms with Crippen LogP contribution in [0.2, 0.25) is 0 Å². The molecule has 90 valence electrons. The number of aromatic nitrogens is 3. The third-order valence-corrected chi connectivity index (χ3v) is 4.06. The van der Waals surface area contributed by atoms with E-state index in [1.54, 1.807) is 10.9 Å². The van der Waals surface area contributed by atoms with Gasteiger partial charge in [-0.05, 0) is 51.8 Å². The summed E-state index contributed by atoms with van der Waals surface area (Å²) < 4.78 is 3.54. The van der Waals surface area contributed by atoms with Gasteiger partial charge in [0.25, 0.3) is 0 Å². The van der Waals surface area contributed by atoms with Gasteiger partial charge in [-0.2, -0.15) is 5.10 Å². The molecule has 2 aromatic rings. The van der Waals surface area contributed by atoms with Crippen molar-refractivity contribution in [1.82, 2.24) is 14.8 Å². The molecule has 1 N–H and O–H groups in total. The van der Waals surface area contributed by atoms with Gasteiger partial charge in [-0.15, -0.1) is 0 Å². The number of aliphatic hydroxyl groups excluding tert-OH is 1. The standard InChI is InChI=1S/C11H11Br2N3O/c1-6-10(13)7(2)16(15-6)11-8(5-17)3-9(12)4-14-11/h3-4,17H,5H2,1-2H3. The molecule has 2 aromatic heterocycles. The van der Waals surface area contributed by atoms with Crippen LogP contribution in [0, 0.1) is 13.8 Å². The summed E-state index contributed by atoms with van der Waals surface area (Å²) in [6.45, 7) is 3.80. The molecule has 0 radical (unpaired) electrons. The van der Waals surface area contributed by atoms with Crippen LogP contribution in [0.1, 0.15) is 17.0 Å². The summed E-state index contributed by atoms with van der Waals surface area (Å²) in [7, 11) is 0. The molecule has 2 rings (SSSR count). The fourth-order valence-corrected chi connectivity index (χ4v) is 2.24. The maximum absolute atomic E-state index is 9.36. The molecule has 6 heteroatoms. The summed E-state index contributed by atoms with van der Waals surface area (Å²) in [4.78, 5) is 4.31. The SMILES string of the molecule is Cc1nn(-c2ncc(Br)cc2CO)c(C)c1Br. The van der Waals surface area contributed by atoms with E-state index < -0.39 is 0 Å². The second kappa shape index (κ2) is 4.88. The predicted molar refractivity (Wildman–Crippen MR) is 72.2 cm³/mol. The Bertz CT molecular complexity index is 566. The number of aliphatic hydroxyl groups is 1. The Hall–Kier alpha value is -0.720. The van der Waals surface area contributed by atoms with Gasteiger partial charge in [0.15, 0.2) is 5.82 Å². The lowest BCUT2D eigenvalue weighted by Crippen LogP contribution is -2.06. The van der Waals surface area contributed by atoms with E-state index in [0.29, 0.717) is 5.82 Å². The number of halogens is 2. The lowest BCUT2D eigenvalue weighted by atomic mass is 10.2. The molecule has 0 unspecified atom stereocenters. The molecule has 0 aliphatic rings. The van der Waals surface area contributed by atoms with E-state index >= 15 is 0 Å². The van der Waals surface area contributed by atoms with E-state index in [-0.39, 0.29) is 6.61 Å². The Morgan fingerprint density at radius 3 is 2.59 bits per heavy atom. The second-order valence-electron chi connectivity index (χ2n) is 3.69. The van der Waals surface area contributed by atoms with Gasteiger partial charge in [0.1, 0.15) is 0 Å². The fourth-order valence-electron chi connectivity index (χ4n) is 1.61. The maximum Gasteiger partial charge on any atom is 0.159 e. The minimum absolute atomic E-state index is 0.0717. The van der Waals surface area contributed by atoms with Gasteiger partial charge in [0, 0.05) is 16.2 Å². The maximum atomic E-state index is 9.36. The summed E-state index contributed by atoms with van der Waals surface area (Å²) in [5.74, 6) is 0.655. The zero-order chi connectivity index (χ0) is 12.6. The monoisotopic (exact) mass is 359 g/mol. The third-order valence-electron chi connectivity index (χ3n) is 2.48. The molecule has 0 aromatic carbocycles. The molecular formula is C11H11Br2N3O. The van der Waals surface area contributed by atoms with E-state index in [4.69, 9.17) is 0 Å². The van der Waals surface area contributed by atoms with E-state index in [1.807, 2.05) is 19.9 Å². The van der Waals surface area contributed by atoms with Crippen molar-refractivity contribution in [2.45, 2.75) is 20.5 Å². The number of aryl methyl sites for hydroxylation is 1. The molecule has 17 heavy (non-hydrogen) atoms. The van der Waals surface area contributed by atoms with Gasteiger partial charge in [-0.3, -0.25) is 0 Å². The van der Waals surface area contributed by atoms with Crippen LogP contribution < -0.4 is 0 Å². The highest BCUT2D eigenvalue weighted by Crippen LogP contribution is 2.24. The van der Waals surface area contributed by atoms with E-state index in [0.717, 1.165) is 25.9 Å². The summed E-state index contributed by atoms with van der Waals surface area (Å²) in [6, 6.07) is 1.84. The van der Waals surface area contributed by atoms with Crippen molar-refractivity contribution in [3.8, 4) is 5.82 Å². The number of hydrogen-bond acceptors (Lipinski definition) is 3. The molecule has 0 amide bonds. The average molecular weight is 361 g/mol. The summed E-state index contributed by atoms with van der Waals surface area (Å²) >= 11 is 6.81. The first-order chi connectivity index (χ1) is 8.04. The Kier molecular flexibility index (Phi) is 3.65. The predicted octanol–water partition coefficient (Wildman–Crippen LogP) is 2.90. The second-order valence-corrected chi connectivity index (χ2v) is 5.40. The zero-order valence-electron chi connectivity index (χ0n) is 9.41. The Balaban J connectivity index is 2.64. The van der Waals surface area contributed by atoms with Crippen LogP contribution in [-0.2, 0) is 6.61 Å². The van der Waals surface area contributed by atoms with Crippen molar-refractivity contribution in [1.29, 1.82) is 0 Å². The molecule has 0 bridgehead atoms. The first-order valence-corrected chi connectivity index (χ1v) is 6.60. The zero-order valence-corrected chi connectivity index (χ0v) is 12.6. The molecule has 0 aliphatic carbocycles. The van der Waals surface area contributed by atoms with Crippen LogP contribution in [0.4, 0.5) is 0 Å². The van der Waals surface area contributed by atoms with Gasteiger partial charge < -0.3 is 5.11 Å². The number of hydrogen-bond donors (Lipinski definition) is 1. The van der Waals surface area contributed by atoms with E-state index in [1.165, 1.54) is 0 Å². The van der Waals surface area contributed by atoms with Crippen molar-refractivity contribution in [3.63, 3.8) is 0 Å². The molecule has 0 fully saturated rings. The van der Waals surface area contributed by atoms with Gasteiger partial charge in [0.2, 0.25) is 0 Å². The van der Waals surface area contributed by atoms with Gasteiger partial charge in [-0.1, -0.05) is 0 Å². The fraction of sp³-hybridized carbons (Fsp3) is 0.273. The van der Waals surface area contributed by atoms with Crippen LogP contribution in [-0.4, -0.2) is 19.9 Å². The van der Waals surface area contributed by atoms with Crippen molar-refractivity contribution >= 4 is 31.9 Å². The summed E-state index contributed by atoms with van der Waals surface area (Å²) in [5.41, 5.74) is 2.60. The Morgan fingerprint density at radius 1 is 1.35 bits per heavy atom. The van der Waals surface area contributed by atoms with Gasteiger partial charge in [-0.25, -0.2) is 9.67 Å². The number of pyridine rings is 1. The minimum atomic E-state index is -0.0717. The average Bonchev–Trinajstić information content (AvgIpc) is 2.57. The van der Waals surface area contributed by atoms with Crippen LogP contribution in [0.5, 0.6) is 0 Å². The van der Waals surface area contributed by atoms with Crippen molar-refractivity contribution in [3.05, 3.63) is 38.2 Å². The number of nitrogens with zero attached hydrogens (tertiary/aromatic N) is 3. The highest BCUT2D eigenvalue weighted by atomic mass is 79.9. The molecule has 2 heterocycles. The molecule has 0 aliphatic heterocycles. The van der Waals surface area contributed by atoms with Crippen molar-refractivity contribution in [2.75, 3.05) is 0 Å². The van der Waals surface area contributed by atoms with E-state index in [2.05, 4.69) is 41.9 Å². The molecule has 0 atom stereocenters. The minimum Gasteiger partial charge on any atom is -0.392 e. The Morgan fingerprint density at radius 2 is 2.06 bits per heavy atom. The highest BCUT2D eigenvalue weighted by molar-refractivity contribution is 9.10. The molecule has 0 saturated carbocycles. The van der Waals surface area contributed by atoms with Crippen molar-refractivity contribution < 1.29 is 5.11 Å². The van der Waals surface area contributed by atoms with Crippen LogP contribution >= 0.6 is 31.9 Å². The molecular weight excluding hydrogens is 350 g/mol. The Labute approximate surface area is 116 Å². The van der Waals surface area contributed by atoms with Crippen LogP contribution in [0.25, 0.3) is 5.82 Å². The lowest BCUT2D eigenvalue weighted by molar-refractivity contribution is 0.280. The molecule has 0 saturated heterocycles. The topological polar surface area (TPSA) is 50.9 Å². The summed E-state index contributed by atoms with van der Waals surface area (Å²) in [5, 5.41) is 13.8. The third kappa shape index (κ3) is 2.29. The summed E-state index contributed by atoms with van der Waals surface area (Å²) in [6.07, 6.45) is 1.69.